The molecule has 1 fully saturated rings. The first kappa shape index (κ1) is 16.0. The summed E-state index contributed by atoms with van der Waals surface area (Å²) in [5, 5.41) is 11.5. The van der Waals surface area contributed by atoms with Crippen LogP contribution in [0, 0.1) is 6.92 Å². The van der Waals surface area contributed by atoms with Crippen LogP contribution in [0.25, 0.3) is 11.0 Å². The lowest BCUT2D eigenvalue weighted by Gasteiger charge is -2.32. The summed E-state index contributed by atoms with van der Waals surface area (Å²) in [6.45, 7) is 5.53. The summed E-state index contributed by atoms with van der Waals surface area (Å²) < 4.78 is 0. The Morgan fingerprint density at radius 3 is 2.76 bits per heavy atom. The summed E-state index contributed by atoms with van der Waals surface area (Å²) in [7, 11) is 0. The summed E-state index contributed by atoms with van der Waals surface area (Å²) in [5.41, 5.74) is 3.54. The van der Waals surface area contributed by atoms with Crippen LogP contribution in [-0.4, -0.2) is 50.7 Å². The Kier molecular flexibility index (Phi) is 4.61. The van der Waals surface area contributed by atoms with E-state index in [0.29, 0.717) is 6.04 Å². The van der Waals surface area contributed by atoms with Gasteiger partial charge in [-0.3, -0.25) is 5.10 Å². The zero-order chi connectivity index (χ0) is 17.1. The van der Waals surface area contributed by atoms with Crippen molar-refractivity contribution in [1.29, 1.82) is 0 Å². The number of rotatable bonds is 5. The SMILES string of the molecule is Cc1ccc(CCN2CCC(Nc3ncnc4[nH]ncc34)CC2)cc1. The van der Waals surface area contributed by atoms with Crippen LogP contribution < -0.4 is 5.32 Å². The second kappa shape index (κ2) is 7.19. The normalized spacial score (nSPS) is 16.4. The van der Waals surface area contributed by atoms with E-state index in [4.69, 9.17) is 0 Å². The van der Waals surface area contributed by atoms with E-state index in [1.165, 1.54) is 11.1 Å². The molecule has 1 aliphatic rings. The topological polar surface area (TPSA) is 69.7 Å². The third kappa shape index (κ3) is 3.79. The van der Waals surface area contributed by atoms with E-state index in [-0.39, 0.29) is 0 Å². The molecule has 0 amide bonds. The molecule has 1 saturated heterocycles. The van der Waals surface area contributed by atoms with Gasteiger partial charge in [0.2, 0.25) is 0 Å². The molecule has 1 aliphatic heterocycles. The molecule has 130 valence electrons. The van der Waals surface area contributed by atoms with Crippen molar-refractivity contribution in [3.63, 3.8) is 0 Å². The number of hydrogen-bond acceptors (Lipinski definition) is 5. The van der Waals surface area contributed by atoms with Gasteiger partial charge in [0.1, 0.15) is 12.1 Å². The van der Waals surface area contributed by atoms with E-state index >= 15 is 0 Å². The van der Waals surface area contributed by atoms with Crippen molar-refractivity contribution in [2.75, 3.05) is 25.0 Å². The average molecular weight is 336 g/mol. The predicted octanol–water partition coefficient (Wildman–Crippen LogP) is 2.78. The maximum absolute atomic E-state index is 4.38. The second-order valence-electron chi connectivity index (χ2n) is 6.85. The number of aryl methyl sites for hydroxylation is 1. The van der Waals surface area contributed by atoms with Crippen LogP contribution in [0.1, 0.15) is 24.0 Å². The van der Waals surface area contributed by atoms with E-state index in [0.717, 1.165) is 55.7 Å². The molecule has 3 heterocycles. The molecule has 3 aromatic rings. The molecule has 0 saturated carbocycles. The van der Waals surface area contributed by atoms with Gasteiger partial charge in [-0.15, -0.1) is 0 Å². The molecule has 0 aliphatic carbocycles. The van der Waals surface area contributed by atoms with Gasteiger partial charge in [-0.05, 0) is 31.7 Å². The highest BCUT2D eigenvalue weighted by atomic mass is 15.2. The lowest BCUT2D eigenvalue weighted by atomic mass is 10.0. The average Bonchev–Trinajstić information content (AvgIpc) is 3.12. The number of likely N-dealkylation sites (tertiary alicyclic amines) is 1. The third-order valence-corrected chi connectivity index (χ3v) is 5.01. The number of anilines is 1. The number of fused-ring (bicyclic) bond motifs is 1. The number of nitrogens with zero attached hydrogens (tertiary/aromatic N) is 4. The van der Waals surface area contributed by atoms with Crippen LogP contribution in [0.5, 0.6) is 0 Å². The lowest BCUT2D eigenvalue weighted by Crippen LogP contribution is -2.40. The van der Waals surface area contributed by atoms with Crippen molar-refractivity contribution in [1.82, 2.24) is 25.1 Å². The Labute approximate surface area is 147 Å². The number of aromatic nitrogens is 4. The highest BCUT2D eigenvalue weighted by molar-refractivity contribution is 5.85. The second-order valence-corrected chi connectivity index (χ2v) is 6.85. The molecule has 2 aromatic heterocycles. The molecule has 1 aromatic carbocycles. The van der Waals surface area contributed by atoms with Crippen molar-refractivity contribution in [2.45, 2.75) is 32.2 Å². The van der Waals surface area contributed by atoms with Crippen LogP contribution in [0.15, 0.2) is 36.8 Å². The van der Waals surface area contributed by atoms with Crippen molar-refractivity contribution >= 4 is 16.9 Å². The Morgan fingerprint density at radius 1 is 1.16 bits per heavy atom. The van der Waals surface area contributed by atoms with E-state index < -0.39 is 0 Å². The van der Waals surface area contributed by atoms with Gasteiger partial charge in [0.05, 0.1) is 11.6 Å². The first-order chi connectivity index (χ1) is 12.3. The fourth-order valence-electron chi connectivity index (χ4n) is 3.42. The molecule has 0 spiro atoms. The van der Waals surface area contributed by atoms with Gasteiger partial charge in [-0.25, -0.2) is 9.97 Å². The largest absolute Gasteiger partial charge is 0.367 e. The standard InChI is InChI=1S/C19H24N6/c1-14-2-4-15(5-3-14)6-9-25-10-7-16(8-11-25)23-18-17-12-22-24-19(17)21-13-20-18/h2-5,12-13,16H,6-11H2,1H3,(H2,20,21,22,23,24). The molecule has 0 bridgehead atoms. The summed E-state index contributed by atoms with van der Waals surface area (Å²) in [4.78, 5) is 11.1. The fourth-order valence-corrected chi connectivity index (χ4v) is 3.42. The highest BCUT2D eigenvalue weighted by Gasteiger charge is 2.20. The van der Waals surface area contributed by atoms with E-state index in [1.54, 1.807) is 12.5 Å². The fraction of sp³-hybridized carbons (Fsp3) is 0.421. The van der Waals surface area contributed by atoms with Gasteiger partial charge < -0.3 is 10.2 Å². The lowest BCUT2D eigenvalue weighted by molar-refractivity contribution is 0.221. The minimum absolute atomic E-state index is 0.462. The van der Waals surface area contributed by atoms with Gasteiger partial charge in [0, 0.05) is 25.7 Å². The number of aromatic amines is 1. The zero-order valence-corrected chi connectivity index (χ0v) is 14.6. The highest BCUT2D eigenvalue weighted by Crippen LogP contribution is 2.21. The first-order valence-corrected chi connectivity index (χ1v) is 8.96. The van der Waals surface area contributed by atoms with Crippen LogP contribution in [0.3, 0.4) is 0 Å². The number of hydrogen-bond donors (Lipinski definition) is 2. The monoisotopic (exact) mass is 336 g/mol. The van der Waals surface area contributed by atoms with Crippen LogP contribution in [0.4, 0.5) is 5.82 Å². The Balaban J connectivity index is 1.28. The third-order valence-electron chi connectivity index (χ3n) is 5.01. The number of H-pyrrole nitrogens is 1. The summed E-state index contributed by atoms with van der Waals surface area (Å²) in [6, 6.07) is 9.35. The first-order valence-electron chi connectivity index (χ1n) is 8.96. The maximum atomic E-state index is 4.38. The summed E-state index contributed by atoms with van der Waals surface area (Å²) in [5.74, 6) is 0.886. The molecular weight excluding hydrogens is 312 g/mol. The van der Waals surface area contributed by atoms with Gasteiger partial charge in [-0.1, -0.05) is 29.8 Å². The van der Waals surface area contributed by atoms with E-state index in [9.17, 15) is 0 Å². The minimum atomic E-state index is 0.462. The smallest absolute Gasteiger partial charge is 0.160 e. The van der Waals surface area contributed by atoms with Gasteiger partial charge in [-0.2, -0.15) is 5.10 Å². The quantitative estimate of drug-likeness (QED) is 0.750. The molecule has 0 radical (unpaired) electrons. The van der Waals surface area contributed by atoms with E-state index in [2.05, 4.69) is 61.6 Å². The van der Waals surface area contributed by atoms with E-state index in [1.807, 2.05) is 0 Å². The Bertz CT molecular complexity index is 817. The molecule has 0 unspecified atom stereocenters. The number of benzene rings is 1. The van der Waals surface area contributed by atoms with Crippen molar-refractivity contribution in [3.8, 4) is 0 Å². The molecule has 4 rings (SSSR count). The Morgan fingerprint density at radius 2 is 1.96 bits per heavy atom. The molecule has 6 heteroatoms. The molecule has 25 heavy (non-hydrogen) atoms. The minimum Gasteiger partial charge on any atom is -0.367 e. The zero-order valence-electron chi connectivity index (χ0n) is 14.6. The summed E-state index contributed by atoms with van der Waals surface area (Å²) >= 11 is 0. The van der Waals surface area contributed by atoms with Gasteiger partial charge >= 0.3 is 0 Å². The van der Waals surface area contributed by atoms with Crippen LogP contribution in [0.2, 0.25) is 0 Å². The van der Waals surface area contributed by atoms with Crippen LogP contribution >= 0.6 is 0 Å². The maximum Gasteiger partial charge on any atom is 0.160 e. The van der Waals surface area contributed by atoms with Gasteiger partial charge in [0.15, 0.2) is 5.65 Å². The predicted molar refractivity (Wildman–Crippen MR) is 99.7 cm³/mol. The Hall–Kier alpha value is -2.47. The van der Waals surface area contributed by atoms with Crippen molar-refractivity contribution < 1.29 is 0 Å². The molecule has 0 atom stereocenters. The molecule has 6 nitrogen and oxygen atoms in total. The van der Waals surface area contributed by atoms with Crippen molar-refractivity contribution in [2.24, 2.45) is 0 Å². The summed E-state index contributed by atoms with van der Waals surface area (Å²) in [6.07, 6.45) is 6.77. The van der Waals surface area contributed by atoms with Crippen molar-refractivity contribution in [3.05, 3.63) is 47.9 Å². The molecule has 2 N–H and O–H groups in total. The van der Waals surface area contributed by atoms with Gasteiger partial charge in [0.25, 0.3) is 0 Å². The molecular formula is C19H24N6. The number of nitrogens with one attached hydrogen (secondary N) is 2. The number of piperidine rings is 1. The van der Waals surface area contributed by atoms with Crippen LogP contribution in [-0.2, 0) is 6.42 Å².